The predicted molar refractivity (Wildman–Crippen MR) is 46.5 cm³/mol. The fourth-order valence-electron chi connectivity index (χ4n) is 0.974. The summed E-state index contributed by atoms with van der Waals surface area (Å²) in [6.45, 7) is 0. The number of alkyl halides is 2. The minimum atomic E-state index is -2.82. The van der Waals surface area contributed by atoms with Crippen LogP contribution in [0, 0.1) is 5.82 Å². The number of benzene rings is 1. The molecule has 0 amide bonds. The topological polar surface area (TPSA) is 17.1 Å². The van der Waals surface area contributed by atoms with E-state index in [0.717, 1.165) is 18.2 Å². The van der Waals surface area contributed by atoms with Gasteiger partial charge < -0.3 is 0 Å². The molecule has 1 aromatic carbocycles. The van der Waals surface area contributed by atoms with Crippen molar-refractivity contribution in [2.24, 2.45) is 0 Å². The first-order chi connectivity index (χ1) is 6.65. The van der Waals surface area contributed by atoms with Gasteiger partial charge in [0.15, 0.2) is 0 Å². The van der Waals surface area contributed by atoms with Crippen LogP contribution in [-0.2, 0) is 4.79 Å². The van der Waals surface area contributed by atoms with Crippen LogP contribution in [-0.4, -0.2) is 6.29 Å². The SMILES string of the molecule is O=CC=Cc1ccc(C(F)F)c(F)c1. The molecule has 1 rings (SSSR count). The summed E-state index contributed by atoms with van der Waals surface area (Å²) < 4.78 is 37.1. The van der Waals surface area contributed by atoms with Gasteiger partial charge in [0, 0.05) is 0 Å². The molecule has 0 bridgehead atoms. The van der Waals surface area contributed by atoms with Crippen LogP contribution in [0.5, 0.6) is 0 Å². The smallest absolute Gasteiger partial charge is 0.266 e. The molecule has 0 aliphatic rings. The largest absolute Gasteiger partial charge is 0.299 e. The van der Waals surface area contributed by atoms with Crippen molar-refractivity contribution in [1.29, 1.82) is 0 Å². The Bertz CT molecular complexity index is 358. The molecular formula is C10H7F3O. The molecule has 0 heterocycles. The molecule has 1 aromatic rings. The van der Waals surface area contributed by atoms with E-state index in [9.17, 15) is 18.0 Å². The first kappa shape index (κ1) is 10.5. The molecule has 0 saturated heterocycles. The Balaban J connectivity index is 3.00. The molecule has 0 aromatic heterocycles. The molecule has 74 valence electrons. The van der Waals surface area contributed by atoms with Gasteiger partial charge in [0.05, 0.1) is 5.56 Å². The Morgan fingerprint density at radius 2 is 2.00 bits per heavy atom. The minimum Gasteiger partial charge on any atom is -0.299 e. The molecule has 0 N–H and O–H groups in total. The lowest BCUT2D eigenvalue weighted by Gasteiger charge is -2.01. The summed E-state index contributed by atoms with van der Waals surface area (Å²) in [6.07, 6.45) is 0.209. The highest BCUT2D eigenvalue weighted by atomic mass is 19.3. The second-order valence-electron chi connectivity index (χ2n) is 2.58. The van der Waals surface area contributed by atoms with Crippen LogP contribution in [0.25, 0.3) is 6.08 Å². The number of aldehydes is 1. The Labute approximate surface area is 78.9 Å². The summed E-state index contributed by atoms with van der Waals surface area (Å²) in [6, 6.07) is 3.29. The first-order valence-electron chi connectivity index (χ1n) is 3.84. The van der Waals surface area contributed by atoms with E-state index in [0.29, 0.717) is 11.8 Å². The van der Waals surface area contributed by atoms with E-state index in [1.54, 1.807) is 0 Å². The van der Waals surface area contributed by atoms with E-state index in [2.05, 4.69) is 0 Å². The van der Waals surface area contributed by atoms with Gasteiger partial charge in [0.25, 0.3) is 6.43 Å². The molecular weight excluding hydrogens is 193 g/mol. The van der Waals surface area contributed by atoms with E-state index in [4.69, 9.17) is 0 Å². The molecule has 0 spiro atoms. The number of carbonyl (C=O) groups is 1. The first-order valence-corrected chi connectivity index (χ1v) is 3.84. The summed E-state index contributed by atoms with van der Waals surface area (Å²) in [7, 11) is 0. The normalized spacial score (nSPS) is 11.1. The second kappa shape index (κ2) is 4.60. The molecule has 4 heteroatoms. The van der Waals surface area contributed by atoms with Crippen molar-refractivity contribution in [3.8, 4) is 0 Å². The number of hydrogen-bond acceptors (Lipinski definition) is 1. The highest BCUT2D eigenvalue weighted by molar-refractivity contribution is 5.73. The molecule has 0 aliphatic heterocycles. The Morgan fingerprint density at radius 1 is 1.29 bits per heavy atom. The average molecular weight is 200 g/mol. The van der Waals surface area contributed by atoms with Crippen LogP contribution in [0.4, 0.5) is 13.2 Å². The van der Waals surface area contributed by atoms with Crippen molar-refractivity contribution in [3.63, 3.8) is 0 Å². The summed E-state index contributed by atoms with van der Waals surface area (Å²) in [5, 5.41) is 0. The Kier molecular flexibility index (Phi) is 3.45. The lowest BCUT2D eigenvalue weighted by atomic mass is 10.1. The van der Waals surface area contributed by atoms with Crippen molar-refractivity contribution < 1.29 is 18.0 Å². The van der Waals surface area contributed by atoms with Crippen molar-refractivity contribution in [1.82, 2.24) is 0 Å². The van der Waals surface area contributed by atoms with Crippen LogP contribution in [0.15, 0.2) is 24.3 Å². The van der Waals surface area contributed by atoms with Gasteiger partial charge in [-0.1, -0.05) is 12.1 Å². The van der Waals surface area contributed by atoms with Gasteiger partial charge in [-0.05, 0) is 23.8 Å². The van der Waals surface area contributed by atoms with Gasteiger partial charge in [-0.15, -0.1) is 0 Å². The quantitative estimate of drug-likeness (QED) is 0.541. The van der Waals surface area contributed by atoms with Crippen LogP contribution in [0.1, 0.15) is 17.6 Å². The zero-order valence-corrected chi connectivity index (χ0v) is 7.08. The number of allylic oxidation sites excluding steroid dienone is 1. The minimum absolute atomic E-state index is 0.374. The van der Waals surface area contributed by atoms with Crippen molar-refractivity contribution in [3.05, 3.63) is 41.2 Å². The van der Waals surface area contributed by atoms with E-state index in [-0.39, 0.29) is 0 Å². The van der Waals surface area contributed by atoms with Crippen molar-refractivity contribution in [2.75, 3.05) is 0 Å². The third kappa shape index (κ3) is 2.45. The standard InChI is InChI=1S/C10H7F3O/c11-9-6-7(2-1-5-14)3-4-8(9)10(12)13/h1-6,10H. The number of hydrogen-bond donors (Lipinski definition) is 0. The summed E-state index contributed by atoms with van der Waals surface area (Å²) in [5.41, 5.74) is -0.257. The fourth-order valence-corrected chi connectivity index (χ4v) is 0.974. The zero-order valence-electron chi connectivity index (χ0n) is 7.08. The Hall–Kier alpha value is -1.58. The summed E-state index contributed by atoms with van der Waals surface area (Å²) >= 11 is 0. The van der Waals surface area contributed by atoms with E-state index in [1.807, 2.05) is 0 Å². The van der Waals surface area contributed by atoms with Crippen LogP contribution < -0.4 is 0 Å². The predicted octanol–water partition coefficient (Wildman–Crippen LogP) is 2.98. The maximum absolute atomic E-state index is 12.9. The maximum Gasteiger partial charge on any atom is 0.266 e. The third-order valence-electron chi connectivity index (χ3n) is 1.63. The molecule has 14 heavy (non-hydrogen) atoms. The molecule has 1 nitrogen and oxygen atoms in total. The molecule has 0 unspecified atom stereocenters. The van der Waals surface area contributed by atoms with Gasteiger partial charge in [0.1, 0.15) is 12.1 Å². The van der Waals surface area contributed by atoms with E-state index in [1.165, 1.54) is 12.1 Å². The second-order valence-corrected chi connectivity index (χ2v) is 2.58. The molecule has 0 aliphatic carbocycles. The van der Waals surface area contributed by atoms with Gasteiger partial charge in [-0.25, -0.2) is 13.2 Å². The molecule has 0 fully saturated rings. The lowest BCUT2D eigenvalue weighted by molar-refractivity contribution is -0.104. The zero-order chi connectivity index (χ0) is 10.6. The van der Waals surface area contributed by atoms with Crippen LogP contribution in [0.3, 0.4) is 0 Å². The highest BCUT2D eigenvalue weighted by Crippen LogP contribution is 2.22. The number of halogens is 3. The number of carbonyl (C=O) groups excluding carboxylic acids is 1. The maximum atomic E-state index is 12.9. The number of rotatable bonds is 3. The van der Waals surface area contributed by atoms with Crippen molar-refractivity contribution in [2.45, 2.75) is 6.43 Å². The van der Waals surface area contributed by atoms with Crippen LogP contribution >= 0.6 is 0 Å². The van der Waals surface area contributed by atoms with Gasteiger partial charge in [-0.3, -0.25) is 4.79 Å². The van der Waals surface area contributed by atoms with Gasteiger partial charge >= 0.3 is 0 Å². The van der Waals surface area contributed by atoms with E-state index < -0.39 is 17.8 Å². The van der Waals surface area contributed by atoms with Gasteiger partial charge in [0.2, 0.25) is 0 Å². The summed E-state index contributed by atoms with van der Waals surface area (Å²) in [5.74, 6) is -0.965. The fraction of sp³-hybridized carbons (Fsp3) is 0.100. The Morgan fingerprint density at radius 3 is 2.50 bits per heavy atom. The van der Waals surface area contributed by atoms with E-state index >= 15 is 0 Å². The molecule has 0 radical (unpaired) electrons. The average Bonchev–Trinajstić information content (AvgIpc) is 2.14. The lowest BCUT2D eigenvalue weighted by Crippen LogP contribution is -1.90. The monoisotopic (exact) mass is 200 g/mol. The third-order valence-corrected chi connectivity index (χ3v) is 1.63. The van der Waals surface area contributed by atoms with Gasteiger partial charge in [-0.2, -0.15) is 0 Å². The highest BCUT2D eigenvalue weighted by Gasteiger charge is 2.12. The van der Waals surface area contributed by atoms with Crippen LogP contribution in [0.2, 0.25) is 0 Å². The molecule has 0 saturated carbocycles. The summed E-state index contributed by atoms with van der Waals surface area (Å²) in [4.78, 5) is 9.94. The molecule has 0 atom stereocenters. The van der Waals surface area contributed by atoms with Crippen molar-refractivity contribution >= 4 is 12.4 Å².